The largest absolute Gasteiger partial charge is 0.478 e. The molecule has 0 spiro atoms. The molecule has 0 unspecified atom stereocenters. The van der Waals surface area contributed by atoms with Crippen molar-refractivity contribution in [3.63, 3.8) is 0 Å². The third kappa shape index (κ3) is 2.66. The molecule has 0 atom stereocenters. The van der Waals surface area contributed by atoms with Gasteiger partial charge in [0.1, 0.15) is 11.6 Å². The molecular weight excluding hydrogens is 318 g/mol. The molecule has 0 bridgehead atoms. The lowest BCUT2D eigenvalue weighted by atomic mass is 9.92. The molecule has 1 heterocycles. The van der Waals surface area contributed by atoms with E-state index < -0.39 is 23.3 Å². The highest BCUT2D eigenvalue weighted by atomic mass is 19.1. The Morgan fingerprint density at radius 3 is 2.42 bits per heavy atom. The Kier molecular flexibility index (Phi) is 3.88. The van der Waals surface area contributed by atoms with Crippen molar-refractivity contribution in [1.29, 1.82) is 0 Å². The second-order valence-corrected chi connectivity index (χ2v) is 5.28. The van der Waals surface area contributed by atoms with Crippen LogP contribution in [0.15, 0.2) is 57.1 Å². The number of hydrogen-bond donors (Lipinski definition) is 1. The zero-order valence-electron chi connectivity index (χ0n) is 12.6. The van der Waals surface area contributed by atoms with Gasteiger partial charge in [0.2, 0.25) is 5.66 Å². The molecule has 1 aliphatic rings. The lowest BCUT2D eigenvalue weighted by Crippen LogP contribution is -2.18. The fraction of sp³-hybridized carbons (Fsp3) is 0.188. The second-order valence-electron chi connectivity index (χ2n) is 5.28. The van der Waals surface area contributed by atoms with E-state index >= 15 is 0 Å². The van der Waals surface area contributed by atoms with E-state index in [9.17, 15) is 18.7 Å². The Morgan fingerprint density at radius 1 is 1.12 bits per heavy atom. The first kappa shape index (κ1) is 15.9. The molecule has 0 amide bonds. The van der Waals surface area contributed by atoms with Gasteiger partial charge in [0.15, 0.2) is 0 Å². The molecule has 1 aliphatic heterocycles. The number of rotatable bonds is 4. The lowest BCUT2D eigenvalue weighted by Gasteiger charge is -2.19. The van der Waals surface area contributed by atoms with Crippen molar-refractivity contribution in [3.05, 3.63) is 59.2 Å². The highest BCUT2D eigenvalue weighted by molar-refractivity contribution is 5.90. The number of benzene rings is 2. The molecule has 0 saturated carbocycles. The molecule has 8 heteroatoms. The molecular formula is C16H12F2N4O2. The third-order valence-electron chi connectivity index (χ3n) is 3.84. The first-order valence-corrected chi connectivity index (χ1v) is 7.13. The van der Waals surface area contributed by atoms with Crippen molar-refractivity contribution in [2.45, 2.75) is 19.0 Å². The van der Waals surface area contributed by atoms with E-state index in [-0.39, 0.29) is 16.7 Å². The molecule has 2 aromatic carbocycles. The van der Waals surface area contributed by atoms with Crippen LogP contribution in [0.3, 0.4) is 0 Å². The van der Waals surface area contributed by atoms with Gasteiger partial charge in [-0.2, -0.15) is 0 Å². The Balaban J connectivity index is 2.22. The van der Waals surface area contributed by atoms with Crippen LogP contribution in [0.2, 0.25) is 0 Å². The fourth-order valence-corrected chi connectivity index (χ4v) is 2.53. The minimum Gasteiger partial charge on any atom is -0.478 e. The Morgan fingerprint density at radius 2 is 1.83 bits per heavy atom. The van der Waals surface area contributed by atoms with Gasteiger partial charge in [-0.05, 0) is 52.8 Å². The first-order chi connectivity index (χ1) is 11.4. The molecule has 0 radical (unpaired) electrons. The van der Waals surface area contributed by atoms with Crippen molar-refractivity contribution in [3.8, 4) is 11.1 Å². The van der Waals surface area contributed by atoms with Crippen LogP contribution in [0.1, 0.15) is 29.3 Å². The van der Waals surface area contributed by atoms with Crippen LogP contribution < -0.4 is 0 Å². The number of carboxylic acid groups (broad SMARTS) is 1. The summed E-state index contributed by atoms with van der Waals surface area (Å²) in [5.74, 6) is -2.68. The summed E-state index contributed by atoms with van der Waals surface area (Å²) in [4.78, 5) is 11.4. The molecule has 6 nitrogen and oxygen atoms in total. The maximum Gasteiger partial charge on any atom is 0.335 e. The molecule has 0 fully saturated rings. The fourth-order valence-electron chi connectivity index (χ4n) is 2.53. The van der Waals surface area contributed by atoms with Crippen molar-refractivity contribution >= 4 is 5.97 Å². The van der Waals surface area contributed by atoms with Crippen molar-refractivity contribution < 1.29 is 18.7 Å². The van der Waals surface area contributed by atoms with E-state index in [1.165, 1.54) is 18.2 Å². The van der Waals surface area contributed by atoms with Crippen LogP contribution >= 0.6 is 0 Å². The summed E-state index contributed by atoms with van der Waals surface area (Å²) in [7, 11) is 0. The molecule has 2 aromatic rings. The average molecular weight is 330 g/mol. The summed E-state index contributed by atoms with van der Waals surface area (Å²) in [5, 5.41) is 24.3. The molecule has 122 valence electrons. The average Bonchev–Trinajstić information content (AvgIpc) is 3.04. The van der Waals surface area contributed by atoms with Gasteiger partial charge in [0.05, 0.1) is 5.56 Å². The highest BCUT2D eigenvalue weighted by Crippen LogP contribution is 2.38. The van der Waals surface area contributed by atoms with E-state index in [1.54, 1.807) is 13.0 Å². The topological polar surface area (TPSA) is 86.7 Å². The van der Waals surface area contributed by atoms with Crippen LogP contribution in [0, 0.1) is 11.6 Å². The summed E-state index contributed by atoms with van der Waals surface area (Å²) in [6.45, 7) is 1.80. The lowest BCUT2D eigenvalue weighted by molar-refractivity contribution is 0.0696. The van der Waals surface area contributed by atoms with Gasteiger partial charge in [-0.3, -0.25) is 0 Å². The van der Waals surface area contributed by atoms with E-state index in [2.05, 4.69) is 20.7 Å². The quantitative estimate of drug-likeness (QED) is 0.878. The smallest absolute Gasteiger partial charge is 0.335 e. The summed E-state index contributed by atoms with van der Waals surface area (Å²) in [6.07, 6.45) is 0.397. The van der Waals surface area contributed by atoms with Gasteiger partial charge in [-0.1, -0.05) is 6.92 Å². The third-order valence-corrected chi connectivity index (χ3v) is 3.84. The maximum absolute atomic E-state index is 14.1. The minimum absolute atomic E-state index is 0.0589. The Hall–Kier alpha value is -3.03. The van der Waals surface area contributed by atoms with Gasteiger partial charge < -0.3 is 5.11 Å². The normalized spacial score (nSPS) is 15.0. The zero-order chi connectivity index (χ0) is 17.3. The van der Waals surface area contributed by atoms with Crippen LogP contribution in [0.5, 0.6) is 0 Å². The number of carbonyl (C=O) groups is 1. The predicted octanol–water partition coefficient (Wildman–Crippen LogP) is 4.73. The monoisotopic (exact) mass is 330 g/mol. The van der Waals surface area contributed by atoms with Gasteiger partial charge in [-0.25, -0.2) is 13.6 Å². The van der Waals surface area contributed by atoms with Gasteiger partial charge in [0, 0.05) is 17.2 Å². The summed E-state index contributed by atoms with van der Waals surface area (Å²) in [6, 6.07) is 7.39. The Bertz CT molecular complexity index is 868. The SMILES string of the molecule is CCC1(c2cc(C(=O)O)cc(-c3ccc(F)cc3F)c2)N=NN=N1. The highest BCUT2D eigenvalue weighted by Gasteiger charge is 2.34. The maximum atomic E-state index is 14.1. The minimum atomic E-state index is -1.18. The van der Waals surface area contributed by atoms with Crippen LogP contribution in [0.25, 0.3) is 11.1 Å². The van der Waals surface area contributed by atoms with Gasteiger partial charge in [-0.15, -0.1) is 10.2 Å². The van der Waals surface area contributed by atoms with E-state index in [0.717, 1.165) is 12.1 Å². The second kappa shape index (κ2) is 5.88. The molecule has 0 saturated heterocycles. The van der Waals surface area contributed by atoms with Crippen molar-refractivity contribution in [1.82, 2.24) is 0 Å². The standard InChI is InChI=1S/C16H12F2N4O2/c1-2-16(19-21-22-20-16)11-6-9(5-10(7-11)15(23)24)13-4-3-12(17)8-14(13)18/h3-8H,2H2,1H3,(H,23,24). The van der Waals surface area contributed by atoms with Gasteiger partial charge in [0.25, 0.3) is 0 Å². The summed E-state index contributed by atoms with van der Waals surface area (Å²) < 4.78 is 27.2. The first-order valence-electron chi connectivity index (χ1n) is 7.13. The zero-order valence-corrected chi connectivity index (χ0v) is 12.6. The van der Waals surface area contributed by atoms with Crippen molar-refractivity contribution in [2.24, 2.45) is 20.7 Å². The molecule has 24 heavy (non-hydrogen) atoms. The van der Waals surface area contributed by atoms with Crippen LogP contribution in [0.4, 0.5) is 8.78 Å². The number of carboxylic acids is 1. The van der Waals surface area contributed by atoms with Crippen LogP contribution in [-0.2, 0) is 5.66 Å². The molecule has 0 aliphatic carbocycles. The van der Waals surface area contributed by atoms with Gasteiger partial charge >= 0.3 is 5.97 Å². The van der Waals surface area contributed by atoms with E-state index in [0.29, 0.717) is 12.0 Å². The molecule has 0 aromatic heterocycles. The summed E-state index contributed by atoms with van der Waals surface area (Å²) >= 11 is 0. The van der Waals surface area contributed by atoms with Crippen molar-refractivity contribution in [2.75, 3.05) is 0 Å². The number of halogens is 2. The Labute approximate surface area is 135 Å². The van der Waals surface area contributed by atoms with E-state index in [4.69, 9.17) is 0 Å². The van der Waals surface area contributed by atoms with Crippen LogP contribution in [-0.4, -0.2) is 11.1 Å². The number of aromatic carboxylic acids is 1. The molecule has 1 N–H and O–H groups in total. The number of hydrogen-bond acceptors (Lipinski definition) is 5. The number of nitrogens with zero attached hydrogens (tertiary/aromatic N) is 4. The molecule has 3 rings (SSSR count). The van der Waals surface area contributed by atoms with E-state index in [1.807, 2.05) is 0 Å². The summed E-state index contributed by atoms with van der Waals surface area (Å²) in [5.41, 5.74) is -0.396. The predicted molar refractivity (Wildman–Crippen MR) is 80.4 cm³/mol.